The lowest BCUT2D eigenvalue weighted by molar-refractivity contribution is 0.373. The van der Waals surface area contributed by atoms with Gasteiger partial charge >= 0.3 is 0 Å². The lowest BCUT2D eigenvalue weighted by Gasteiger charge is -2.17. The molecule has 8 heteroatoms. The molecule has 0 unspecified atom stereocenters. The molecule has 0 bridgehead atoms. The molecule has 0 amide bonds. The van der Waals surface area contributed by atoms with E-state index in [2.05, 4.69) is 34.9 Å². The molecule has 0 fully saturated rings. The van der Waals surface area contributed by atoms with Gasteiger partial charge < -0.3 is 14.6 Å². The smallest absolute Gasteiger partial charge is 0.282 e. The Kier molecular flexibility index (Phi) is 6.93. The van der Waals surface area contributed by atoms with Gasteiger partial charge in [0.25, 0.3) is 5.56 Å². The lowest BCUT2D eigenvalue weighted by Crippen LogP contribution is -2.21. The average Bonchev–Trinajstić information content (AvgIpc) is 2.84. The topological polar surface area (TPSA) is 85.9 Å². The van der Waals surface area contributed by atoms with E-state index < -0.39 is 0 Å². The van der Waals surface area contributed by atoms with E-state index in [1.165, 1.54) is 24.1 Å². The molecule has 4 rings (SSSR count). The highest BCUT2D eigenvalue weighted by Gasteiger charge is 2.18. The maximum absolute atomic E-state index is 13.6. The summed E-state index contributed by atoms with van der Waals surface area (Å²) >= 11 is 3.44. The summed E-state index contributed by atoms with van der Waals surface area (Å²) in [6, 6.07) is 14.3. The van der Waals surface area contributed by atoms with E-state index in [-0.39, 0.29) is 17.2 Å². The Bertz CT molecular complexity index is 1510. The SMILES string of the molecule is COc1cc(C=Nn2c(-c3cc(C(C)C)c(OC)cc3C)nc3ccccc3c2=O)c(Br)cc1O. The number of hydrogen-bond donors (Lipinski definition) is 1. The summed E-state index contributed by atoms with van der Waals surface area (Å²) in [5.74, 6) is 1.71. The zero-order chi connectivity index (χ0) is 25.3. The van der Waals surface area contributed by atoms with E-state index in [0.29, 0.717) is 32.5 Å². The van der Waals surface area contributed by atoms with Crippen LogP contribution in [0.2, 0.25) is 0 Å². The maximum atomic E-state index is 13.6. The number of fused-ring (bicyclic) bond motifs is 1. The number of benzene rings is 3. The molecular formula is C27H26BrN3O4. The van der Waals surface area contributed by atoms with Crippen LogP contribution < -0.4 is 15.0 Å². The summed E-state index contributed by atoms with van der Waals surface area (Å²) in [6.07, 6.45) is 1.54. The molecule has 0 spiro atoms. The molecule has 3 aromatic carbocycles. The Balaban J connectivity index is 1.99. The van der Waals surface area contributed by atoms with Crippen LogP contribution in [0.5, 0.6) is 17.2 Å². The van der Waals surface area contributed by atoms with Crippen LogP contribution in [0.25, 0.3) is 22.3 Å². The molecule has 1 aromatic heterocycles. The van der Waals surface area contributed by atoms with E-state index >= 15 is 0 Å². The number of hydrogen-bond acceptors (Lipinski definition) is 6. The summed E-state index contributed by atoms with van der Waals surface area (Å²) in [5, 5.41) is 15.0. The zero-order valence-corrected chi connectivity index (χ0v) is 21.8. The molecule has 4 aromatic rings. The van der Waals surface area contributed by atoms with E-state index in [1.54, 1.807) is 25.3 Å². The number of ether oxygens (including phenoxy) is 2. The van der Waals surface area contributed by atoms with Crippen molar-refractivity contribution in [3.63, 3.8) is 0 Å². The van der Waals surface area contributed by atoms with E-state index in [1.807, 2.05) is 31.2 Å². The maximum Gasteiger partial charge on any atom is 0.282 e. The second kappa shape index (κ2) is 9.92. The molecule has 7 nitrogen and oxygen atoms in total. The Morgan fingerprint density at radius 2 is 1.80 bits per heavy atom. The zero-order valence-electron chi connectivity index (χ0n) is 20.2. The van der Waals surface area contributed by atoms with Gasteiger partial charge in [-0.2, -0.15) is 9.78 Å². The molecule has 1 N–H and O–H groups in total. The van der Waals surface area contributed by atoms with Crippen molar-refractivity contribution < 1.29 is 14.6 Å². The normalized spacial score (nSPS) is 11.5. The standard InChI is InChI=1S/C27H26BrN3O4/c1-15(2)19-12-20(16(3)10-24(19)34-4)26-30-22-9-7-6-8-18(22)27(33)31(26)29-14-17-11-25(35-5)23(32)13-21(17)28/h6-15,32H,1-5H3. The summed E-state index contributed by atoms with van der Waals surface area (Å²) in [5.41, 5.74) is 3.64. The Morgan fingerprint density at radius 1 is 1.09 bits per heavy atom. The van der Waals surface area contributed by atoms with Crippen LogP contribution in [0.3, 0.4) is 0 Å². The number of para-hydroxylation sites is 1. The van der Waals surface area contributed by atoms with Crippen molar-refractivity contribution in [1.29, 1.82) is 0 Å². The first-order valence-corrected chi connectivity index (χ1v) is 11.9. The fraction of sp³-hybridized carbons (Fsp3) is 0.222. The molecule has 35 heavy (non-hydrogen) atoms. The molecule has 0 aliphatic rings. The Morgan fingerprint density at radius 3 is 2.49 bits per heavy atom. The third-order valence-electron chi connectivity index (χ3n) is 5.80. The number of rotatable bonds is 6. The van der Waals surface area contributed by atoms with Gasteiger partial charge in [-0.3, -0.25) is 4.79 Å². The van der Waals surface area contributed by atoms with Gasteiger partial charge in [0.05, 0.1) is 31.3 Å². The number of phenolic OH excluding ortho intramolecular Hbond substituents is 1. The molecule has 0 radical (unpaired) electrons. The van der Waals surface area contributed by atoms with Gasteiger partial charge in [0.1, 0.15) is 5.75 Å². The van der Waals surface area contributed by atoms with Gasteiger partial charge in [-0.1, -0.05) is 26.0 Å². The van der Waals surface area contributed by atoms with Crippen molar-refractivity contribution in [3.8, 4) is 28.6 Å². The molecular weight excluding hydrogens is 510 g/mol. The minimum atomic E-state index is -0.287. The molecule has 0 aliphatic carbocycles. The summed E-state index contributed by atoms with van der Waals surface area (Å²) < 4.78 is 12.7. The van der Waals surface area contributed by atoms with E-state index in [0.717, 1.165) is 22.4 Å². The van der Waals surface area contributed by atoms with Crippen LogP contribution in [-0.4, -0.2) is 35.2 Å². The van der Waals surface area contributed by atoms with Gasteiger partial charge in [-0.25, -0.2) is 4.98 Å². The molecule has 0 saturated heterocycles. The number of halogens is 1. The average molecular weight is 536 g/mol. The van der Waals surface area contributed by atoms with Crippen LogP contribution in [0, 0.1) is 6.92 Å². The first-order chi connectivity index (χ1) is 16.7. The fourth-order valence-electron chi connectivity index (χ4n) is 3.91. The Hall–Kier alpha value is -3.65. The molecule has 0 aliphatic heterocycles. The van der Waals surface area contributed by atoms with Crippen LogP contribution in [0.15, 0.2) is 62.9 Å². The highest BCUT2D eigenvalue weighted by Crippen LogP contribution is 2.34. The summed E-state index contributed by atoms with van der Waals surface area (Å²) in [6.45, 7) is 6.14. The monoisotopic (exact) mass is 535 g/mol. The van der Waals surface area contributed by atoms with Crippen LogP contribution in [0.1, 0.15) is 36.5 Å². The number of phenols is 1. The number of methoxy groups -OCH3 is 2. The van der Waals surface area contributed by atoms with Crippen LogP contribution in [0.4, 0.5) is 0 Å². The minimum Gasteiger partial charge on any atom is -0.504 e. The number of aromatic hydroxyl groups is 1. The highest BCUT2D eigenvalue weighted by molar-refractivity contribution is 9.10. The summed E-state index contributed by atoms with van der Waals surface area (Å²) in [7, 11) is 3.12. The number of aromatic nitrogens is 2. The van der Waals surface area contributed by atoms with Gasteiger partial charge in [0.2, 0.25) is 0 Å². The van der Waals surface area contributed by atoms with Crippen molar-refractivity contribution in [2.45, 2.75) is 26.7 Å². The molecule has 180 valence electrons. The van der Waals surface area contributed by atoms with E-state index in [9.17, 15) is 9.90 Å². The predicted octanol–water partition coefficient (Wildman–Crippen LogP) is 5.86. The van der Waals surface area contributed by atoms with Crippen molar-refractivity contribution >= 4 is 33.0 Å². The van der Waals surface area contributed by atoms with Crippen LogP contribution in [-0.2, 0) is 0 Å². The fourth-order valence-corrected chi connectivity index (χ4v) is 4.35. The van der Waals surface area contributed by atoms with Crippen molar-refractivity contribution in [2.75, 3.05) is 14.2 Å². The third kappa shape index (κ3) is 4.66. The quantitative estimate of drug-likeness (QED) is 0.312. The van der Waals surface area contributed by atoms with Crippen molar-refractivity contribution in [1.82, 2.24) is 9.66 Å². The van der Waals surface area contributed by atoms with Gasteiger partial charge in [0.15, 0.2) is 17.3 Å². The second-order valence-corrected chi connectivity index (χ2v) is 9.28. The second-order valence-electron chi connectivity index (χ2n) is 8.42. The van der Waals surface area contributed by atoms with Gasteiger partial charge in [-0.05, 0) is 76.3 Å². The van der Waals surface area contributed by atoms with Crippen LogP contribution >= 0.6 is 15.9 Å². The number of aryl methyl sites for hydroxylation is 1. The van der Waals surface area contributed by atoms with Gasteiger partial charge in [-0.15, -0.1) is 0 Å². The van der Waals surface area contributed by atoms with Gasteiger partial charge in [0, 0.05) is 15.6 Å². The van der Waals surface area contributed by atoms with Crippen molar-refractivity contribution in [2.24, 2.45) is 5.10 Å². The molecule has 0 atom stereocenters. The third-order valence-corrected chi connectivity index (χ3v) is 6.49. The lowest BCUT2D eigenvalue weighted by atomic mass is 9.96. The molecule has 0 saturated carbocycles. The van der Waals surface area contributed by atoms with Crippen molar-refractivity contribution in [3.05, 3.63) is 80.0 Å². The minimum absolute atomic E-state index is 0.00294. The highest BCUT2D eigenvalue weighted by atomic mass is 79.9. The number of nitrogens with zero attached hydrogens (tertiary/aromatic N) is 3. The Labute approximate surface area is 211 Å². The first-order valence-electron chi connectivity index (χ1n) is 11.1. The summed E-state index contributed by atoms with van der Waals surface area (Å²) in [4.78, 5) is 18.4. The molecule has 1 heterocycles. The first kappa shape index (κ1) is 24.5. The predicted molar refractivity (Wildman–Crippen MR) is 142 cm³/mol. The largest absolute Gasteiger partial charge is 0.504 e. The van der Waals surface area contributed by atoms with E-state index in [4.69, 9.17) is 14.5 Å².